The van der Waals surface area contributed by atoms with Crippen LogP contribution in [0.4, 0.5) is 0 Å². The average molecular weight is 404 g/mol. The predicted octanol–water partition coefficient (Wildman–Crippen LogP) is 2.49. The molecule has 3 rings (SSSR count). The summed E-state index contributed by atoms with van der Waals surface area (Å²) in [7, 11) is 1.52. The van der Waals surface area contributed by atoms with Gasteiger partial charge in [0.05, 0.1) is 18.7 Å². The molecule has 1 aromatic rings. The summed E-state index contributed by atoms with van der Waals surface area (Å²) in [6.07, 6.45) is 1.93. The van der Waals surface area contributed by atoms with E-state index in [2.05, 4.69) is 16.3 Å². The molecule has 0 spiro atoms. The Kier molecular flexibility index (Phi) is 9.48. The summed E-state index contributed by atoms with van der Waals surface area (Å²) >= 11 is 0. The first-order valence-corrected chi connectivity index (χ1v) is 8.58. The quantitative estimate of drug-likeness (QED) is 0.803. The Morgan fingerprint density at radius 2 is 1.92 bits per heavy atom. The van der Waals surface area contributed by atoms with E-state index >= 15 is 0 Å². The first-order valence-electron chi connectivity index (χ1n) is 8.58. The van der Waals surface area contributed by atoms with Crippen LogP contribution in [0.5, 0.6) is 11.5 Å². The van der Waals surface area contributed by atoms with E-state index in [4.69, 9.17) is 9.47 Å². The number of aromatic hydroxyl groups is 1. The fourth-order valence-electron chi connectivity index (χ4n) is 3.82. The van der Waals surface area contributed by atoms with Crippen LogP contribution in [0.25, 0.3) is 0 Å². The van der Waals surface area contributed by atoms with E-state index in [9.17, 15) is 10.4 Å². The molecule has 8 heteroatoms. The highest BCUT2D eigenvalue weighted by Gasteiger charge is 2.34. The molecule has 0 unspecified atom stereocenters. The Morgan fingerprint density at radius 1 is 1.27 bits per heavy atom. The molecule has 0 aliphatic carbocycles. The van der Waals surface area contributed by atoms with E-state index in [1.165, 1.54) is 7.11 Å². The third kappa shape index (κ3) is 4.93. The minimum Gasteiger partial charge on any atom is -0.504 e. The minimum absolute atomic E-state index is 0. The van der Waals surface area contributed by atoms with E-state index < -0.39 is 0 Å². The van der Waals surface area contributed by atoms with Crippen LogP contribution in [-0.4, -0.2) is 56.5 Å². The molecular weight excluding hydrogens is 377 g/mol. The molecule has 0 amide bonds. The van der Waals surface area contributed by atoms with Gasteiger partial charge in [0, 0.05) is 57.1 Å². The summed E-state index contributed by atoms with van der Waals surface area (Å²) in [6.45, 7) is 5.25. The van der Waals surface area contributed by atoms with Crippen molar-refractivity contribution in [1.29, 1.82) is 5.26 Å². The number of methoxy groups -OCH3 is 1. The molecule has 2 fully saturated rings. The van der Waals surface area contributed by atoms with Crippen LogP contribution in [0.3, 0.4) is 0 Å². The number of rotatable bonds is 4. The maximum atomic E-state index is 10.7. The largest absolute Gasteiger partial charge is 0.504 e. The van der Waals surface area contributed by atoms with Crippen LogP contribution in [0, 0.1) is 17.2 Å². The maximum absolute atomic E-state index is 10.7. The Balaban J connectivity index is 0.00000169. The van der Waals surface area contributed by atoms with Crippen molar-refractivity contribution in [1.82, 2.24) is 10.2 Å². The van der Waals surface area contributed by atoms with Gasteiger partial charge in [0.25, 0.3) is 0 Å². The van der Waals surface area contributed by atoms with E-state index in [0.717, 1.165) is 57.8 Å². The lowest BCUT2D eigenvalue weighted by Crippen LogP contribution is -2.47. The monoisotopic (exact) mass is 403 g/mol. The number of nitriles is 1. The van der Waals surface area contributed by atoms with Crippen LogP contribution < -0.4 is 10.1 Å². The summed E-state index contributed by atoms with van der Waals surface area (Å²) in [5.41, 5.74) is 1.33. The fourth-order valence-corrected chi connectivity index (χ4v) is 3.82. The zero-order chi connectivity index (χ0) is 16.9. The second-order valence-corrected chi connectivity index (χ2v) is 6.41. The molecule has 2 aliphatic rings. The van der Waals surface area contributed by atoms with Gasteiger partial charge >= 0.3 is 0 Å². The van der Waals surface area contributed by atoms with Gasteiger partial charge in [-0.2, -0.15) is 5.26 Å². The summed E-state index contributed by atoms with van der Waals surface area (Å²) in [6, 6.07) is 5.68. The summed E-state index contributed by atoms with van der Waals surface area (Å²) in [5.74, 6) is 0.934. The molecule has 2 aliphatic heterocycles. The van der Waals surface area contributed by atoms with Crippen molar-refractivity contribution in [3.8, 4) is 17.6 Å². The Morgan fingerprint density at radius 3 is 2.50 bits per heavy atom. The van der Waals surface area contributed by atoms with Crippen molar-refractivity contribution in [3.63, 3.8) is 0 Å². The molecule has 0 radical (unpaired) electrons. The van der Waals surface area contributed by atoms with Gasteiger partial charge in [-0.1, -0.05) is 0 Å². The molecule has 0 aromatic heterocycles. The molecule has 2 N–H and O–H groups in total. The van der Waals surface area contributed by atoms with Gasteiger partial charge in [-0.3, -0.25) is 4.90 Å². The number of benzene rings is 1. The Bertz CT molecular complexity index is 594. The topological polar surface area (TPSA) is 77.8 Å². The van der Waals surface area contributed by atoms with Crippen molar-refractivity contribution in [3.05, 3.63) is 23.3 Å². The smallest absolute Gasteiger partial charge is 0.162 e. The summed E-state index contributed by atoms with van der Waals surface area (Å²) in [5, 5.41) is 23.5. The fraction of sp³-hybridized carbons (Fsp3) is 0.611. The van der Waals surface area contributed by atoms with Gasteiger partial charge in [0.15, 0.2) is 11.5 Å². The van der Waals surface area contributed by atoms with Crippen LogP contribution in [-0.2, 0) is 4.74 Å². The second-order valence-electron chi connectivity index (χ2n) is 6.41. The first kappa shape index (κ1) is 22.8. The highest BCUT2D eigenvalue weighted by molar-refractivity contribution is 5.85. The molecule has 1 aromatic carbocycles. The molecule has 0 bridgehead atoms. The number of piperazine rings is 1. The van der Waals surface area contributed by atoms with Gasteiger partial charge in [0.1, 0.15) is 0 Å². The van der Waals surface area contributed by atoms with Crippen LogP contribution in [0.15, 0.2) is 12.1 Å². The molecule has 26 heavy (non-hydrogen) atoms. The number of phenolic OH excluding ortho intramolecular Hbond substituents is 1. The lowest BCUT2D eigenvalue weighted by Gasteiger charge is -2.41. The van der Waals surface area contributed by atoms with Crippen LogP contribution in [0.1, 0.15) is 30.0 Å². The summed E-state index contributed by atoms with van der Waals surface area (Å²) in [4.78, 5) is 2.42. The number of ether oxygens (including phenoxy) is 2. The lowest BCUT2D eigenvalue weighted by atomic mass is 9.84. The third-order valence-corrected chi connectivity index (χ3v) is 5.03. The second kappa shape index (κ2) is 10.8. The van der Waals surface area contributed by atoms with Crippen molar-refractivity contribution < 1.29 is 14.6 Å². The normalized spacial score (nSPS) is 19.5. The minimum atomic E-state index is 0. The van der Waals surface area contributed by atoms with E-state index in [1.54, 1.807) is 6.07 Å². The molecule has 0 saturated carbocycles. The number of phenols is 1. The number of halogens is 2. The lowest BCUT2D eigenvalue weighted by molar-refractivity contribution is 0.0205. The number of hydrogen-bond donors (Lipinski definition) is 2. The molecule has 6 nitrogen and oxygen atoms in total. The molecule has 2 heterocycles. The zero-order valence-corrected chi connectivity index (χ0v) is 16.6. The number of hydrogen-bond acceptors (Lipinski definition) is 6. The Labute approximate surface area is 167 Å². The number of nitrogens with zero attached hydrogens (tertiary/aromatic N) is 2. The van der Waals surface area contributed by atoms with Gasteiger partial charge in [0.2, 0.25) is 0 Å². The molecule has 146 valence electrons. The molecular formula is C18H27Cl2N3O3. The summed E-state index contributed by atoms with van der Waals surface area (Å²) < 4.78 is 10.8. The zero-order valence-electron chi connectivity index (χ0n) is 14.9. The van der Waals surface area contributed by atoms with E-state index in [1.807, 2.05) is 6.07 Å². The predicted molar refractivity (Wildman–Crippen MR) is 105 cm³/mol. The van der Waals surface area contributed by atoms with Gasteiger partial charge in [-0.25, -0.2) is 0 Å². The maximum Gasteiger partial charge on any atom is 0.162 e. The van der Waals surface area contributed by atoms with Crippen LogP contribution in [0.2, 0.25) is 0 Å². The van der Waals surface area contributed by atoms with Crippen molar-refractivity contribution in [2.45, 2.75) is 18.9 Å². The third-order valence-electron chi connectivity index (χ3n) is 5.03. The van der Waals surface area contributed by atoms with Crippen molar-refractivity contribution >= 4 is 24.8 Å². The Hall–Kier alpha value is -1.23. The van der Waals surface area contributed by atoms with Crippen LogP contribution >= 0.6 is 24.8 Å². The average Bonchev–Trinajstić information content (AvgIpc) is 2.65. The highest BCUT2D eigenvalue weighted by atomic mass is 35.5. The molecule has 2 saturated heterocycles. The molecule has 1 atom stereocenters. The SMILES string of the molecule is COc1cc(C#N)cc([C@@H](C2CCOCC2)N2CCNCC2)c1O.Cl.Cl. The van der Waals surface area contributed by atoms with E-state index in [0.29, 0.717) is 17.2 Å². The van der Waals surface area contributed by atoms with E-state index in [-0.39, 0.29) is 36.6 Å². The van der Waals surface area contributed by atoms with Gasteiger partial charge in [-0.15, -0.1) is 24.8 Å². The standard InChI is InChI=1S/C18H25N3O3.2ClH/c1-23-16-11-13(12-19)10-15(18(16)22)17(14-2-8-24-9-3-14)21-6-4-20-5-7-21;;/h10-11,14,17,20,22H,2-9H2,1H3;2*1H/t17-;;/m1../s1. The van der Waals surface area contributed by atoms with Crippen molar-refractivity contribution in [2.24, 2.45) is 5.92 Å². The van der Waals surface area contributed by atoms with Crippen molar-refractivity contribution in [2.75, 3.05) is 46.5 Å². The first-order chi connectivity index (χ1) is 11.7. The van der Waals surface area contributed by atoms with Gasteiger partial charge < -0.3 is 19.9 Å². The highest BCUT2D eigenvalue weighted by Crippen LogP contribution is 2.43. The van der Waals surface area contributed by atoms with Gasteiger partial charge in [-0.05, 0) is 24.8 Å². The number of nitrogens with one attached hydrogen (secondary N) is 1.